The Morgan fingerprint density at radius 2 is 1.91 bits per heavy atom. The average molecular weight is 343 g/mol. The maximum atomic E-state index is 12.1. The van der Waals surface area contributed by atoms with Gasteiger partial charge in [-0.15, -0.1) is 11.8 Å². The lowest BCUT2D eigenvalue weighted by atomic mass is 10.2. The van der Waals surface area contributed by atoms with Crippen molar-refractivity contribution in [2.24, 2.45) is 0 Å². The van der Waals surface area contributed by atoms with Crippen LogP contribution in [0.4, 0.5) is 4.79 Å². The van der Waals surface area contributed by atoms with Crippen LogP contribution >= 0.6 is 23.4 Å². The van der Waals surface area contributed by atoms with Crippen LogP contribution in [-0.2, 0) is 15.3 Å². The minimum atomic E-state index is -0.331. The minimum Gasteiger partial charge on any atom is -0.453 e. The van der Waals surface area contributed by atoms with Gasteiger partial charge < -0.3 is 14.5 Å². The van der Waals surface area contributed by atoms with Crippen molar-refractivity contribution in [3.8, 4) is 0 Å². The second-order valence-electron chi connectivity index (χ2n) is 4.96. The van der Waals surface area contributed by atoms with Crippen LogP contribution in [-0.4, -0.2) is 60.8 Å². The zero-order valence-corrected chi connectivity index (χ0v) is 14.0. The molecule has 1 saturated heterocycles. The highest BCUT2D eigenvalue weighted by Crippen LogP contribution is 2.17. The Kier molecular flexibility index (Phi) is 6.39. The third-order valence-electron chi connectivity index (χ3n) is 3.45. The second kappa shape index (κ2) is 8.29. The van der Waals surface area contributed by atoms with Crippen molar-refractivity contribution in [3.63, 3.8) is 0 Å². The lowest BCUT2D eigenvalue weighted by molar-refractivity contribution is -0.129. The number of hydrogen-bond donors (Lipinski definition) is 0. The van der Waals surface area contributed by atoms with Gasteiger partial charge in [0.15, 0.2) is 0 Å². The zero-order valence-electron chi connectivity index (χ0n) is 12.5. The Bertz CT molecular complexity index is 533. The van der Waals surface area contributed by atoms with Crippen LogP contribution < -0.4 is 0 Å². The molecule has 0 aromatic heterocycles. The Morgan fingerprint density at radius 1 is 1.23 bits per heavy atom. The molecule has 2 amide bonds. The second-order valence-corrected chi connectivity index (χ2v) is 6.38. The van der Waals surface area contributed by atoms with E-state index < -0.39 is 0 Å². The molecule has 7 heteroatoms. The van der Waals surface area contributed by atoms with Crippen LogP contribution in [0.2, 0.25) is 5.02 Å². The molecule has 2 rings (SSSR count). The van der Waals surface area contributed by atoms with Crippen LogP contribution in [0.5, 0.6) is 0 Å². The molecule has 0 bridgehead atoms. The predicted octanol–water partition coefficient (Wildman–Crippen LogP) is 2.48. The van der Waals surface area contributed by atoms with E-state index in [1.54, 1.807) is 21.6 Å². The molecule has 1 aromatic carbocycles. The summed E-state index contributed by atoms with van der Waals surface area (Å²) in [7, 11) is 1.37. The fraction of sp³-hybridized carbons (Fsp3) is 0.467. The van der Waals surface area contributed by atoms with E-state index in [1.165, 1.54) is 7.11 Å². The first-order valence-corrected chi connectivity index (χ1v) is 8.56. The molecule has 1 fully saturated rings. The summed E-state index contributed by atoms with van der Waals surface area (Å²) in [6.45, 7) is 2.17. The monoisotopic (exact) mass is 342 g/mol. The SMILES string of the molecule is COC(=O)N1CCN(C(=O)CSCc2cccc(Cl)c2)CC1. The van der Waals surface area contributed by atoms with Crippen molar-refractivity contribution >= 4 is 35.4 Å². The van der Waals surface area contributed by atoms with Crippen molar-refractivity contribution in [2.45, 2.75) is 5.75 Å². The maximum Gasteiger partial charge on any atom is 0.409 e. The third-order valence-corrected chi connectivity index (χ3v) is 4.67. The van der Waals surface area contributed by atoms with Gasteiger partial charge in [0.1, 0.15) is 0 Å². The van der Waals surface area contributed by atoms with E-state index in [-0.39, 0.29) is 12.0 Å². The van der Waals surface area contributed by atoms with Gasteiger partial charge in [-0.2, -0.15) is 0 Å². The number of amides is 2. The van der Waals surface area contributed by atoms with Crippen LogP contribution in [0.25, 0.3) is 0 Å². The minimum absolute atomic E-state index is 0.108. The Hall–Kier alpha value is -1.40. The normalized spacial score (nSPS) is 14.8. The molecule has 1 aromatic rings. The summed E-state index contributed by atoms with van der Waals surface area (Å²) in [4.78, 5) is 26.9. The van der Waals surface area contributed by atoms with Gasteiger partial charge in [-0.05, 0) is 17.7 Å². The number of carbonyl (C=O) groups is 2. The standard InChI is InChI=1S/C15H19ClN2O3S/c1-21-15(20)18-7-5-17(6-8-18)14(19)11-22-10-12-3-2-4-13(16)9-12/h2-4,9H,5-8,10-11H2,1H3. The number of thioether (sulfide) groups is 1. The number of rotatable bonds is 4. The summed E-state index contributed by atoms with van der Waals surface area (Å²) in [5.74, 6) is 1.30. The lowest BCUT2D eigenvalue weighted by Gasteiger charge is -2.33. The van der Waals surface area contributed by atoms with Crippen LogP contribution in [0.15, 0.2) is 24.3 Å². The molecule has 0 aliphatic carbocycles. The van der Waals surface area contributed by atoms with Crippen LogP contribution in [0.3, 0.4) is 0 Å². The van der Waals surface area contributed by atoms with Crippen molar-refractivity contribution in [2.75, 3.05) is 39.0 Å². The number of ether oxygens (including phenoxy) is 1. The number of methoxy groups -OCH3 is 1. The number of piperazine rings is 1. The van der Waals surface area contributed by atoms with Crippen LogP contribution in [0.1, 0.15) is 5.56 Å². The molecule has 5 nitrogen and oxygen atoms in total. The largest absolute Gasteiger partial charge is 0.453 e. The van der Waals surface area contributed by atoms with Gasteiger partial charge in [0.2, 0.25) is 5.91 Å². The number of benzene rings is 1. The van der Waals surface area contributed by atoms with E-state index in [9.17, 15) is 9.59 Å². The molecule has 0 spiro atoms. The Balaban J connectivity index is 1.71. The summed E-state index contributed by atoms with van der Waals surface area (Å²) in [6, 6.07) is 7.65. The van der Waals surface area contributed by atoms with E-state index in [1.807, 2.05) is 24.3 Å². The van der Waals surface area contributed by atoms with Gasteiger partial charge in [-0.25, -0.2) is 4.79 Å². The highest BCUT2D eigenvalue weighted by Gasteiger charge is 2.24. The number of carbonyl (C=O) groups excluding carboxylic acids is 2. The van der Waals surface area contributed by atoms with Crippen molar-refractivity contribution in [1.29, 1.82) is 0 Å². The van der Waals surface area contributed by atoms with E-state index >= 15 is 0 Å². The summed E-state index contributed by atoms with van der Waals surface area (Å²) in [5.41, 5.74) is 1.11. The summed E-state index contributed by atoms with van der Waals surface area (Å²) < 4.78 is 4.68. The van der Waals surface area contributed by atoms with E-state index in [4.69, 9.17) is 11.6 Å². The number of nitrogens with zero attached hydrogens (tertiary/aromatic N) is 2. The first-order chi connectivity index (χ1) is 10.6. The predicted molar refractivity (Wildman–Crippen MR) is 88.2 cm³/mol. The average Bonchev–Trinajstić information content (AvgIpc) is 2.54. The number of halogens is 1. The van der Waals surface area contributed by atoms with Gasteiger partial charge >= 0.3 is 6.09 Å². The van der Waals surface area contributed by atoms with Gasteiger partial charge in [0.05, 0.1) is 12.9 Å². The molecular weight excluding hydrogens is 324 g/mol. The molecule has 0 saturated carbocycles. The molecule has 0 N–H and O–H groups in total. The zero-order chi connectivity index (χ0) is 15.9. The highest BCUT2D eigenvalue weighted by atomic mass is 35.5. The molecule has 1 aliphatic heterocycles. The molecule has 22 heavy (non-hydrogen) atoms. The fourth-order valence-corrected chi connectivity index (χ4v) is 3.33. The van der Waals surface area contributed by atoms with Crippen LogP contribution in [0, 0.1) is 0 Å². The third kappa shape index (κ3) is 4.81. The first-order valence-electron chi connectivity index (χ1n) is 7.03. The molecule has 0 radical (unpaired) electrons. The smallest absolute Gasteiger partial charge is 0.409 e. The van der Waals surface area contributed by atoms with E-state index in [0.29, 0.717) is 37.0 Å². The topological polar surface area (TPSA) is 49.9 Å². The summed E-state index contributed by atoms with van der Waals surface area (Å²) in [5, 5.41) is 0.711. The Labute approximate surface area is 139 Å². The molecule has 120 valence electrons. The summed E-state index contributed by atoms with van der Waals surface area (Å²) in [6.07, 6.45) is -0.331. The van der Waals surface area contributed by atoms with Gasteiger partial charge in [-0.1, -0.05) is 23.7 Å². The lowest BCUT2D eigenvalue weighted by Crippen LogP contribution is -2.51. The van der Waals surface area contributed by atoms with Crippen molar-refractivity contribution < 1.29 is 14.3 Å². The first kappa shape index (κ1) is 17.0. The number of hydrogen-bond acceptors (Lipinski definition) is 4. The summed E-state index contributed by atoms with van der Waals surface area (Å²) >= 11 is 7.51. The molecular formula is C15H19ClN2O3S. The van der Waals surface area contributed by atoms with Crippen molar-refractivity contribution in [3.05, 3.63) is 34.9 Å². The molecule has 0 unspecified atom stereocenters. The Morgan fingerprint density at radius 3 is 2.55 bits per heavy atom. The molecule has 1 aliphatic rings. The quantitative estimate of drug-likeness (QED) is 0.843. The van der Waals surface area contributed by atoms with Crippen molar-refractivity contribution in [1.82, 2.24) is 9.80 Å². The molecule has 0 atom stereocenters. The fourth-order valence-electron chi connectivity index (χ4n) is 2.24. The van der Waals surface area contributed by atoms with E-state index in [0.717, 1.165) is 11.3 Å². The maximum absolute atomic E-state index is 12.1. The van der Waals surface area contributed by atoms with Gasteiger partial charge in [0.25, 0.3) is 0 Å². The van der Waals surface area contributed by atoms with Gasteiger partial charge in [-0.3, -0.25) is 4.79 Å². The highest BCUT2D eigenvalue weighted by molar-refractivity contribution is 7.99. The molecule has 1 heterocycles. The van der Waals surface area contributed by atoms with E-state index in [2.05, 4.69) is 4.74 Å². The van der Waals surface area contributed by atoms with Gasteiger partial charge in [0, 0.05) is 37.0 Å².